The van der Waals surface area contributed by atoms with Crippen molar-refractivity contribution in [2.24, 2.45) is 0 Å². The molecule has 0 aliphatic carbocycles. The van der Waals surface area contributed by atoms with Gasteiger partial charge in [-0.1, -0.05) is 0 Å². The summed E-state index contributed by atoms with van der Waals surface area (Å²) in [6, 6.07) is 0. The van der Waals surface area contributed by atoms with Gasteiger partial charge >= 0.3 is 0 Å². The van der Waals surface area contributed by atoms with Gasteiger partial charge in [-0.05, 0) is 13.8 Å². The molecule has 122 valence electrons. The summed E-state index contributed by atoms with van der Waals surface area (Å²) in [7, 11) is -3.13. The van der Waals surface area contributed by atoms with E-state index < -0.39 is 15.6 Å². The number of aryl methyl sites for hydroxylation is 1. The highest BCUT2D eigenvalue weighted by Gasteiger charge is 2.51. The van der Waals surface area contributed by atoms with Crippen molar-refractivity contribution in [3.63, 3.8) is 0 Å². The third-order valence-electron chi connectivity index (χ3n) is 4.16. The summed E-state index contributed by atoms with van der Waals surface area (Å²) in [6.07, 6.45) is 4.72. The van der Waals surface area contributed by atoms with Crippen molar-refractivity contribution < 1.29 is 17.9 Å². The number of hydrogen-bond acceptors (Lipinski definition) is 6. The summed E-state index contributed by atoms with van der Waals surface area (Å²) in [6.45, 7) is 4.93. The zero-order chi connectivity index (χ0) is 15.8. The lowest BCUT2D eigenvalue weighted by Gasteiger charge is -2.51. The molecule has 0 aromatic carbocycles. The first-order chi connectivity index (χ1) is 10.4. The molecule has 3 rings (SSSR count). The van der Waals surface area contributed by atoms with Crippen LogP contribution >= 0.6 is 0 Å². The number of sulfonamides is 1. The standard InChI is InChI=1S/C14H21N3O4S/c1-3-22(18,19)17-9-14(10-17)6-12(4-5-20-14)21-13-8-15-7-11(2)16-13/h7-8,12H,3-6,9-10H2,1-2H3/t12-/m1/s1. The Bertz CT molecular complexity index is 643. The van der Waals surface area contributed by atoms with Gasteiger partial charge in [0, 0.05) is 32.1 Å². The van der Waals surface area contributed by atoms with Crippen molar-refractivity contribution in [2.45, 2.75) is 38.4 Å². The Kier molecular flexibility index (Phi) is 4.09. The molecule has 8 heteroatoms. The monoisotopic (exact) mass is 327 g/mol. The third kappa shape index (κ3) is 3.09. The van der Waals surface area contributed by atoms with E-state index in [0.29, 0.717) is 32.0 Å². The Hall–Kier alpha value is -1.25. The molecule has 0 amide bonds. The van der Waals surface area contributed by atoms with E-state index in [-0.39, 0.29) is 11.9 Å². The maximum absolute atomic E-state index is 11.8. The van der Waals surface area contributed by atoms with Crippen LogP contribution in [0.15, 0.2) is 12.4 Å². The summed E-state index contributed by atoms with van der Waals surface area (Å²) < 4.78 is 36.9. The van der Waals surface area contributed by atoms with Gasteiger partial charge in [-0.25, -0.2) is 13.4 Å². The van der Waals surface area contributed by atoms with Gasteiger partial charge in [-0.15, -0.1) is 0 Å². The molecule has 1 aromatic rings. The lowest BCUT2D eigenvalue weighted by molar-refractivity contribution is -0.165. The van der Waals surface area contributed by atoms with Crippen molar-refractivity contribution in [1.82, 2.24) is 14.3 Å². The SMILES string of the molecule is CCS(=O)(=O)N1CC2(C[C@H](Oc3cncc(C)n3)CCO2)C1. The Balaban J connectivity index is 1.61. The van der Waals surface area contributed by atoms with Crippen molar-refractivity contribution in [2.75, 3.05) is 25.4 Å². The molecule has 1 aromatic heterocycles. The van der Waals surface area contributed by atoms with Gasteiger partial charge in [0.1, 0.15) is 6.10 Å². The molecule has 3 heterocycles. The van der Waals surface area contributed by atoms with Crippen LogP contribution in [0.5, 0.6) is 5.88 Å². The minimum Gasteiger partial charge on any atom is -0.473 e. The lowest BCUT2D eigenvalue weighted by atomic mass is 9.86. The van der Waals surface area contributed by atoms with Crippen molar-refractivity contribution in [1.29, 1.82) is 0 Å². The first-order valence-electron chi connectivity index (χ1n) is 7.49. The van der Waals surface area contributed by atoms with E-state index in [9.17, 15) is 8.42 Å². The average Bonchev–Trinajstić information content (AvgIpc) is 2.45. The number of ether oxygens (including phenoxy) is 2. The summed E-state index contributed by atoms with van der Waals surface area (Å²) in [5, 5.41) is 0. The summed E-state index contributed by atoms with van der Waals surface area (Å²) in [5.41, 5.74) is 0.408. The van der Waals surface area contributed by atoms with Crippen molar-refractivity contribution >= 4 is 10.0 Å². The second-order valence-electron chi connectivity index (χ2n) is 5.93. The highest BCUT2D eigenvalue weighted by Crippen LogP contribution is 2.36. The smallest absolute Gasteiger partial charge is 0.232 e. The fraction of sp³-hybridized carbons (Fsp3) is 0.714. The predicted octanol–water partition coefficient (Wildman–Crippen LogP) is 0.747. The number of aromatic nitrogens is 2. The number of nitrogens with zero attached hydrogens (tertiary/aromatic N) is 3. The van der Waals surface area contributed by atoms with Gasteiger partial charge in [-0.2, -0.15) is 4.31 Å². The van der Waals surface area contributed by atoms with Crippen LogP contribution in [0.2, 0.25) is 0 Å². The van der Waals surface area contributed by atoms with Crippen LogP contribution in [-0.2, 0) is 14.8 Å². The summed E-state index contributed by atoms with van der Waals surface area (Å²) in [5.74, 6) is 0.640. The van der Waals surface area contributed by atoms with Gasteiger partial charge in [0.15, 0.2) is 0 Å². The minimum absolute atomic E-state index is 0.0173. The third-order valence-corrected chi connectivity index (χ3v) is 5.93. The summed E-state index contributed by atoms with van der Waals surface area (Å²) in [4.78, 5) is 8.36. The zero-order valence-electron chi connectivity index (χ0n) is 12.9. The molecule has 2 aliphatic rings. The minimum atomic E-state index is -3.13. The van der Waals surface area contributed by atoms with Crippen LogP contribution in [0.1, 0.15) is 25.5 Å². The van der Waals surface area contributed by atoms with Crippen LogP contribution in [-0.4, -0.2) is 59.8 Å². The fourth-order valence-corrected chi connectivity index (χ4v) is 4.18. The fourth-order valence-electron chi connectivity index (χ4n) is 2.95. The second-order valence-corrected chi connectivity index (χ2v) is 8.19. The topological polar surface area (TPSA) is 81.6 Å². The normalized spacial score (nSPS) is 24.9. The molecule has 2 saturated heterocycles. The molecule has 7 nitrogen and oxygen atoms in total. The van der Waals surface area contributed by atoms with Crippen LogP contribution in [0.4, 0.5) is 0 Å². The molecule has 2 fully saturated rings. The molecule has 0 saturated carbocycles. The van der Waals surface area contributed by atoms with Gasteiger partial charge in [0.25, 0.3) is 0 Å². The van der Waals surface area contributed by atoms with E-state index in [1.54, 1.807) is 19.3 Å². The molecular formula is C14H21N3O4S. The van der Waals surface area contributed by atoms with Gasteiger partial charge in [-0.3, -0.25) is 4.98 Å². The molecular weight excluding hydrogens is 306 g/mol. The van der Waals surface area contributed by atoms with E-state index in [0.717, 1.165) is 12.1 Å². The molecule has 22 heavy (non-hydrogen) atoms. The molecule has 0 N–H and O–H groups in total. The predicted molar refractivity (Wildman–Crippen MR) is 80.1 cm³/mol. The van der Waals surface area contributed by atoms with Crippen LogP contribution in [0.25, 0.3) is 0 Å². The Morgan fingerprint density at radius 1 is 1.45 bits per heavy atom. The maximum Gasteiger partial charge on any atom is 0.232 e. The van der Waals surface area contributed by atoms with Crippen LogP contribution in [0, 0.1) is 6.92 Å². The average molecular weight is 327 g/mol. The van der Waals surface area contributed by atoms with E-state index in [1.807, 2.05) is 6.92 Å². The zero-order valence-corrected chi connectivity index (χ0v) is 13.7. The van der Waals surface area contributed by atoms with Crippen LogP contribution < -0.4 is 4.74 Å². The molecule has 0 unspecified atom stereocenters. The molecule has 1 atom stereocenters. The molecule has 1 spiro atoms. The van der Waals surface area contributed by atoms with E-state index >= 15 is 0 Å². The van der Waals surface area contributed by atoms with Gasteiger partial charge in [0.2, 0.25) is 15.9 Å². The highest BCUT2D eigenvalue weighted by atomic mass is 32.2. The van der Waals surface area contributed by atoms with E-state index in [1.165, 1.54) is 4.31 Å². The second kappa shape index (κ2) is 5.75. The van der Waals surface area contributed by atoms with Crippen molar-refractivity contribution in [3.8, 4) is 5.88 Å². The number of rotatable bonds is 4. The Morgan fingerprint density at radius 3 is 2.91 bits per heavy atom. The largest absolute Gasteiger partial charge is 0.473 e. The van der Waals surface area contributed by atoms with E-state index in [2.05, 4.69) is 9.97 Å². The lowest BCUT2D eigenvalue weighted by Crippen LogP contribution is -2.67. The van der Waals surface area contributed by atoms with Gasteiger partial charge < -0.3 is 9.47 Å². The first-order valence-corrected chi connectivity index (χ1v) is 9.10. The van der Waals surface area contributed by atoms with E-state index in [4.69, 9.17) is 9.47 Å². The number of hydrogen-bond donors (Lipinski definition) is 0. The van der Waals surface area contributed by atoms with Gasteiger partial charge in [0.05, 0.1) is 29.9 Å². The Labute approximate surface area is 130 Å². The molecule has 0 bridgehead atoms. The molecule has 0 radical (unpaired) electrons. The van der Waals surface area contributed by atoms with Crippen molar-refractivity contribution in [3.05, 3.63) is 18.1 Å². The highest BCUT2D eigenvalue weighted by molar-refractivity contribution is 7.89. The van der Waals surface area contributed by atoms with Crippen LogP contribution in [0.3, 0.4) is 0 Å². The quantitative estimate of drug-likeness (QED) is 0.811. The first kappa shape index (κ1) is 15.6. The molecule has 2 aliphatic heterocycles. The maximum atomic E-state index is 11.8. The Morgan fingerprint density at radius 2 is 2.23 bits per heavy atom. The summed E-state index contributed by atoms with van der Waals surface area (Å²) >= 11 is 0.